The number of halogens is 1. The maximum absolute atomic E-state index is 12.9. The van der Waals surface area contributed by atoms with E-state index in [1.54, 1.807) is 12.1 Å². The lowest BCUT2D eigenvalue weighted by Crippen LogP contribution is -2.40. The van der Waals surface area contributed by atoms with Crippen LogP contribution in [0.2, 0.25) is 0 Å². The maximum atomic E-state index is 12.9. The standard InChI is InChI=1S/C18H20FNO2/c1-13(15-7-9-16(19)10-8-15)12-20-17(18(21)22)11-14-5-3-2-4-6-14/h2-10,13,17,20H,11-12H2,1H3,(H,21,22)/t13?,17-/m0/s1. The first-order chi connectivity index (χ1) is 10.6. The highest BCUT2D eigenvalue weighted by Gasteiger charge is 2.18. The van der Waals surface area contributed by atoms with Crippen molar-refractivity contribution < 1.29 is 14.3 Å². The molecule has 2 atom stereocenters. The minimum absolute atomic E-state index is 0.109. The van der Waals surface area contributed by atoms with Crippen LogP contribution in [0.15, 0.2) is 54.6 Å². The molecule has 0 aliphatic heterocycles. The van der Waals surface area contributed by atoms with Crippen LogP contribution in [0.5, 0.6) is 0 Å². The molecule has 2 N–H and O–H groups in total. The van der Waals surface area contributed by atoms with Crippen molar-refractivity contribution in [1.82, 2.24) is 5.32 Å². The second kappa shape index (κ2) is 7.71. The normalized spacial score (nSPS) is 13.5. The zero-order chi connectivity index (χ0) is 15.9. The molecule has 2 aromatic carbocycles. The third-order valence-electron chi connectivity index (χ3n) is 3.69. The molecule has 0 saturated heterocycles. The highest BCUT2D eigenvalue weighted by Crippen LogP contribution is 2.15. The molecule has 1 unspecified atom stereocenters. The highest BCUT2D eigenvalue weighted by molar-refractivity contribution is 5.73. The van der Waals surface area contributed by atoms with Crippen LogP contribution in [0.3, 0.4) is 0 Å². The second-order valence-corrected chi connectivity index (χ2v) is 5.44. The molecular weight excluding hydrogens is 281 g/mol. The van der Waals surface area contributed by atoms with Gasteiger partial charge < -0.3 is 10.4 Å². The molecule has 0 amide bonds. The summed E-state index contributed by atoms with van der Waals surface area (Å²) in [6, 6.07) is 15.2. The van der Waals surface area contributed by atoms with E-state index in [4.69, 9.17) is 0 Å². The molecule has 0 radical (unpaired) electrons. The number of hydrogen-bond donors (Lipinski definition) is 2. The summed E-state index contributed by atoms with van der Waals surface area (Å²) < 4.78 is 12.9. The maximum Gasteiger partial charge on any atom is 0.321 e. The molecule has 0 bridgehead atoms. The van der Waals surface area contributed by atoms with E-state index in [2.05, 4.69) is 5.32 Å². The first-order valence-electron chi connectivity index (χ1n) is 7.32. The lowest BCUT2D eigenvalue weighted by Gasteiger charge is -2.18. The molecule has 0 fully saturated rings. The number of carboxylic acid groups (broad SMARTS) is 1. The van der Waals surface area contributed by atoms with Crippen molar-refractivity contribution in [2.75, 3.05) is 6.54 Å². The Bertz CT molecular complexity index is 598. The van der Waals surface area contributed by atoms with Crippen LogP contribution in [-0.4, -0.2) is 23.7 Å². The van der Waals surface area contributed by atoms with E-state index in [-0.39, 0.29) is 11.7 Å². The van der Waals surface area contributed by atoms with Crippen molar-refractivity contribution in [3.8, 4) is 0 Å². The average Bonchev–Trinajstić information content (AvgIpc) is 2.52. The first kappa shape index (κ1) is 16.2. The Hall–Kier alpha value is -2.20. The molecule has 0 aliphatic carbocycles. The topological polar surface area (TPSA) is 49.3 Å². The summed E-state index contributed by atoms with van der Waals surface area (Å²) in [5.41, 5.74) is 1.97. The lowest BCUT2D eigenvalue weighted by atomic mass is 10.00. The first-order valence-corrected chi connectivity index (χ1v) is 7.32. The van der Waals surface area contributed by atoms with Gasteiger partial charge >= 0.3 is 5.97 Å². The minimum atomic E-state index is -0.866. The Kier molecular flexibility index (Phi) is 5.67. The molecule has 0 spiro atoms. The molecule has 2 aromatic rings. The van der Waals surface area contributed by atoms with Gasteiger partial charge in [-0.3, -0.25) is 4.79 Å². The molecule has 4 heteroatoms. The molecule has 0 heterocycles. The summed E-state index contributed by atoms with van der Waals surface area (Å²) in [4.78, 5) is 11.4. The number of benzene rings is 2. The Balaban J connectivity index is 1.94. The zero-order valence-electron chi connectivity index (χ0n) is 12.5. The number of rotatable bonds is 7. The van der Waals surface area contributed by atoms with Crippen LogP contribution >= 0.6 is 0 Å². The predicted octanol–water partition coefficient (Wildman–Crippen LogP) is 3.21. The van der Waals surface area contributed by atoms with Crippen molar-refractivity contribution in [3.05, 3.63) is 71.5 Å². The molecule has 0 saturated carbocycles. The summed E-state index contributed by atoms with van der Waals surface area (Å²) in [5.74, 6) is -1.02. The van der Waals surface area contributed by atoms with Gasteiger partial charge in [0.2, 0.25) is 0 Å². The predicted molar refractivity (Wildman–Crippen MR) is 84.4 cm³/mol. The second-order valence-electron chi connectivity index (χ2n) is 5.44. The van der Waals surface area contributed by atoms with Crippen LogP contribution in [0.1, 0.15) is 24.0 Å². The molecule has 3 nitrogen and oxygen atoms in total. The van der Waals surface area contributed by atoms with Crippen LogP contribution < -0.4 is 5.32 Å². The Morgan fingerprint density at radius 2 is 1.77 bits per heavy atom. The van der Waals surface area contributed by atoms with Gasteiger partial charge in [-0.05, 0) is 35.6 Å². The smallest absolute Gasteiger partial charge is 0.321 e. The number of carbonyl (C=O) groups is 1. The highest BCUT2D eigenvalue weighted by atomic mass is 19.1. The largest absolute Gasteiger partial charge is 0.480 e. The Morgan fingerprint density at radius 3 is 2.36 bits per heavy atom. The average molecular weight is 301 g/mol. The van der Waals surface area contributed by atoms with Gasteiger partial charge in [-0.25, -0.2) is 4.39 Å². The zero-order valence-corrected chi connectivity index (χ0v) is 12.5. The van der Waals surface area contributed by atoms with Crippen LogP contribution in [0.4, 0.5) is 4.39 Å². The van der Waals surface area contributed by atoms with E-state index in [0.29, 0.717) is 13.0 Å². The summed E-state index contributed by atoms with van der Waals surface area (Å²) in [5, 5.41) is 12.4. The molecule has 22 heavy (non-hydrogen) atoms. The quantitative estimate of drug-likeness (QED) is 0.825. The number of carboxylic acids is 1. The van der Waals surface area contributed by atoms with Crippen LogP contribution in [0.25, 0.3) is 0 Å². The molecular formula is C18H20FNO2. The van der Waals surface area contributed by atoms with Gasteiger partial charge in [0.1, 0.15) is 11.9 Å². The SMILES string of the molecule is CC(CN[C@@H](Cc1ccccc1)C(=O)O)c1ccc(F)cc1. The van der Waals surface area contributed by atoms with Gasteiger partial charge in [0.25, 0.3) is 0 Å². The van der Waals surface area contributed by atoms with Crippen molar-refractivity contribution in [2.24, 2.45) is 0 Å². The van der Waals surface area contributed by atoms with Gasteiger partial charge in [0, 0.05) is 6.54 Å². The fourth-order valence-electron chi connectivity index (χ4n) is 2.32. The minimum Gasteiger partial charge on any atom is -0.480 e. The fraction of sp³-hybridized carbons (Fsp3) is 0.278. The van der Waals surface area contributed by atoms with Gasteiger partial charge in [-0.15, -0.1) is 0 Å². The van der Waals surface area contributed by atoms with Crippen LogP contribution in [-0.2, 0) is 11.2 Å². The van der Waals surface area contributed by atoms with Crippen molar-refractivity contribution >= 4 is 5.97 Å². The molecule has 2 rings (SSSR count). The summed E-state index contributed by atoms with van der Waals surface area (Å²) in [6.07, 6.45) is 0.437. The lowest BCUT2D eigenvalue weighted by molar-refractivity contribution is -0.139. The van der Waals surface area contributed by atoms with E-state index in [9.17, 15) is 14.3 Å². The van der Waals surface area contributed by atoms with E-state index in [1.165, 1.54) is 12.1 Å². The summed E-state index contributed by atoms with van der Waals surface area (Å²) >= 11 is 0. The summed E-state index contributed by atoms with van der Waals surface area (Å²) in [7, 11) is 0. The van der Waals surface area contributed by atoms with Crippen molar-refractivity contribution in [2.45, 2.75) is 25.3 Å². The van der Waals surface area contributed by atoms with Crippen molar-refractivity contribution in [3.63, 3.8) is 0 Å². The molecule has 0 aliphatic rings. The molecule has 0 aromatic heterocycles. The molecule has 116 valence electrons. The number of nitrogens with one attached hydrogen (secondary N) is 1. The third-order valence-corrected chi connectivity index (χ3v) is 3.69. The van der Waals surface area contributed by atoms with Gasteiger partial charge in [0.05, 0.1) is 0 Å². The van der Waals surface area contributed by atoms with Crippen molar-refractivity contribution in [1.29, 1.82) is 0 Å². The number of hydrogen-bond acceptors (Lipinski definition) is 2. The van der Waals surface area contributed by atoms with E-state index >= 15 is 0 Å². The summed E-state index contributed by atoms with van der Waals surface area (Å²) in [6.45, 7) is 2.51. The van der Waals surface area contributed by atoms with E-state index in [1.807, 2.05) is 37.3 Å². The van der Waals surface area contributed by atoms with E-state index < -0.39 is 12.0 Å². The Morgan fingerprint density at radius 1 is 1.14 bits per heavy atom. The van der Waals surface area contributed by atoms with Gasteiger partial charge in [-0.1, -0.05) is 49.4 Å². The van der Waals surface area contributed by atoms with E-state index in [0.717, 1.165) is 11.1 Å². The fourth-order valence-corrected chi connectivity index (χ4v) is 2.32. The Labute approximate surface area is 129 Å². The number of aliphatic carboxylic acids is 1. The van der Waals surface area contributed by atoms with Crippen LogP contribution in [0, 0.1) is 5.82 Å². The van der Waals surface area contributed by atoms with Gasteiger partial charge in [0.15, 0.2) is 0 Å². The third kappa shape index (κ3) is 4.67. The monoisotopic (exact) mass is 301 g/mol. The van der Waals surface area contributed by atoms with Gasteiger partial charge in [-0.2, -0.15) is 0 Å².